The zero-order valence-electron chi connectivity index (χ0n) is 26.1. The first-order chi connectivity index (χ1) is 21.2. The van der Waals surface area contributed by atoms with E-state index in [0.717, 1.165) is 30.9 Å². The number of ether oxygens (including phenoxy) is 1. The van der Waals surface area contributed by atoms with Crippen LogP contribution in [0.3, 0.4) is 0 Å². The minimum absolute atomic E-state index is 0.0458. The van der Waals surface area contributed by atoms with Gasteiger partial charge in [-0.1, -0.05) is 38.5 Å². The maximum absolute atomic E-state index is 14.6. The summed E-state index contributed by atoms with van der Waals surface area (Å²) in [6.07, 6.45) is 6.32. The van der Waals surface area contributed by atoms with Gasteiger partial charge in [0.15, 0.2) is 22.8 Å². The Morgan fingerprint density at radius 1 is 1.07 bits per heavy atom. The van der Waals surface area contributed by atoms with Gasteiger partial charge in [0.25, 0.3) is 0 Å². The van der Waals surface area contributed by atoms with Crippen LogP contribution < -0.4 is 5.43 Å². The number of aliphatic hydroxyl groups excluding tert-OH is 1. The van der Waals surface area contributed by atoms with Crippen molar-refractivity contribution in [2.24, 2.45) is 34.5 Å². The minimum Gasteiger partial charge on any atom is -0.508 e. The van der Waals surface area contributed by atoms with E-state index in [4.69, 9.17) is 9.15 Å². The molecule has 45 heavy (non-hydrogen) atoms. The SMILES string of the molecule is C=C1C(=O)C[C@H]2[C@](C)(CO)CCC[C@]2(C)[C@@H]1C[C@@H]1C(C)=CC[C@H]2C(=O)C(OC)=CC(=O)[C@@]12c1cc(=O)c2c(O)cc(O)cc2o1. The highest BCUT2D eigenvalue weighted by atomic mass is 16.5. The molecule has 4 aliphatic rings. The van der Waals surface area contributed by atoms with Gasteiger partial charge in [0, 0.05) is 49.1 Å². The first-order valence-electron chi connectivity index (χ1n) is 15.6. The molecule has 0 spiro atoms. The van der Waals surface area contributed by atoms with Crippen molar-refractivity contribution in [1.29, 1.82) is 0 Å². The maximum atomic E-state index is 14.6. The molecule has 9 nitrogen and oxygen atoms in total. The average Bonchev–Trinajstić information content (AvgIpc) is 2.98. The summed E-state index contributed by atoms with van der Waals surface area (Å²) >= 11 is 0. The number of rotatable bonds is 5. The van der Waals surface area contributed by atoms with E-state index in [-0.39, 0.29) is 65.3 Å². The van der Waals surface area contributed by atoms with Crippen LogP contribution in [0.25, 0.3) is 11.0 Å². The molecule has 4 aliphatic carbocycles. The van der Waals surface area contributed by atoms with Crippen molar-refractivity contribution in [1.82, 2.24) is 0 Å². The summed E-state index contributed by atoms with van der Waals surface area (Å²) in [7, 11) is 1.33. The first-order valence-corrected chi connectivity index (χ1v) is 15.6. The summed E-state index contributed by atoms with van der Waals surface area (Å²) in [5.74, 6) is -4.01. The number of allylic oxidation sites excluding steroid dienone is 5. The van der Waals surface area contributed by atoms with E-state index in [1.807, 2.05) is 19.9 Å². The van der Waals surface area contributed by atoms with Crippen LogP contribution in [0.4, 0.5) is 0 Å². The zero-order chi connectivity index (χ0) is 32.6. The zero-order valence-corrected chi connectivity index (χ0v) is 26.1. The minimum atomic E-state index is -1.67. The van der Waals surface area contributed by atoms with Crippen LogP contribution in [0.15, 0.2) is 63.0 Å². The summed E-state index contributed by atoms with van der Waals surface area (Å²) in [5.41, 5.74) is -2.01. The number of hydrogen-bond acceptors (Lipinski definition) is 9. The Morgan fingerprint density at radius 2 is 1.80 bits per heavy atom. The van der Waals surface area contributed by atoms with Crippen molar-refractivity contribution in [2.75, 3.05) is 13.7 Å². The highest BCUT2D eigenvalue weighted by Crippen LogP contribution is 2.63. The molecular weight excluding hydrogens is 576 g/mol. The highest BCUT2D eigenvalue weighted by molar-refractivity contribution is 6.14. The molecule has 9 heteroatoms. The molecule has 6 rings (SSSR count). The summed E-state index contributed by atoms with van der Waals surface area (Å²) in [6.45, 7) is 10.3. The van der Waals surface area contributed by atoms with Crippen molar-refractivity contribution in [2.45, 2.75) is 64.7 Å². The van der Waals surface area contributed by atoms with E-state index >= 15 is 0 Å². The Kier molecular flexibility index (Phi) is 7.27. The van der Waals surface area contributed by atoms with Gasteiger partial charge in [-0.3, -0.25) is 19.2 Å². The number of benzene rings is 1. The molecule has 1 heterocycles. The molecule has 0 saturated heterocycles. The lowest BCUT2D eigenvalue weighted by Gasteiger charge is -2.59. The number of hydrogen-bond donors (Lipinski definition) is 3. The van der Waals surface area contributed by atoms with E-state index in [0.29, 0.717) is 12.0 Å². The molecule has 0 amide bonds. The quantitative estimate of drug-likeness (QED) is 0.310. The molecular formula is C36H40O9. The van der Waals surface area contributed by atoms with E-state index in [2.05, 4.69) is 13.5 Å². The van der Waals surface area contributed by atoms with E-state index < -0.39 is 50.8 Å². The first kappa shape index (κ1) is 31.0. The van der Waals surface area contributed by atoms with Crippen LogP contribution in [0.5, 0.6) is 11.5 Å². The van der Waals surface area contributed by atoms with Crippen LogP contribution in [0, 0.1) is 34.5 Å². The Balaban J connectivity index is 1.59. The van der Waals surface area contributed by atoms with Crippen LogP contribution in [0.2, 0.25) is 0 Å². The van der Waals surface area contributed by atoms with Gasteiger partial charge in [-0.25, -0.2) is 0 Å². The molecule has 238 valence electrons. The molecule has 0 unspecified atom stereocenters. The van der Waals surface area contributed by atoms with Crippen LogP contribution in [-0.2, 0) is 24.5 Å². The molecule has 0 bridgehead atoms. The standard InChI is InChI=1S/C36H40O9/c1-18-7-8-21-33(43)28(44-5)16-30(42)36(21,31-15-26(41)32-25(40)11-20(38)12-27(32)45-31)22(18)13-23-19(2)24(39)14-29-34(3,17-37)9-6-10-35(23,29)4/h7,11-12,15-16,21-23,29,37-38,40H,2,6,8-10,13-14,17H2,1,3-5H3/t21-,22+,23+,29-,34-,35+,36-/m0/s1. The van der Waals surface area contributed by atoms with Crippen molar-refractivity contribution in [3.8, 4) is 11.5 Å². The van der Waals surface area contributed by atoms with Gasteiger partial charge < -0.3 is 24.5 Å². The van der Waals surface area contributed by atoms with Crippen molar-refractivity contribution in [3.63, 3.8) is 0 Å². The molecule has 2 saturated carbocycles. The number of ketones is 3. The lowest BCUT2D eigenvalue weighted by Crippen LogP contribution is -2.59. The van der Waals surface area contributed by atoms with Gasteiger partial charge in [0.2, 0.25) is 5.78 Å². The molecule has 7 atom stereocenters. The molecule has 3 N–H and O–H groups in total. The average molecular weight is 617 g/mol. The van der Waals surface area contributed by atoms with Gasteiger partial charge >= 0.3 is 0 Å². The smallest absolute Gasteiger partial charge is 0.202 e. The third kappa shape index (κ3) is 4.30. The molecule has 0 aliphatic heterocycles. The lowest BCUT2D eigenvalue weighted by molar-refractivity contribution is -0.141. The number of Topliss-reactive ketones (excluding diaryl/α,β-unsaturated/α-hetero) is 2. The number of methoxy groups -OCH3 is 1. The predicted octanol–water partition coefficient (Wildman–Crippen LogP) is 5.05. The summed E-state index contributed by atoms with van der Waals surface area (Å²) in [6, 6.07) is 3.40. The third-order valence-corrected chi connectivity index (χ3v) is 11.9. The van der Waals surface area contributed by atoms with Gasteiger partial charge in [-0.2, -0.15) is 0 Å². The van der Waals surface area contributed by atoms with Crippen molar-refractivity contribution in [3.05, 3.63) is 69.8 Å². The van der Waals surface area contributed by atoms with E-state index in [9.17, 15) is 34.5 Å². The second kappa shape index (κ2) is 10.5. The second-order valence-electron chi connectivity index (χ2n) is 14.1. The number of aromatic hydroxyl groups is 2. The van der Waals surface area contributed by atoms with Crippen LogP contribution in [-0.4, -0.2) is 46.4 Å². The number of carbonyl (C=O) groups excluding carboxylic acids is 3. The predicted molar refractivity (Wildman–Crippen MR) is 165 cm³/mol. The maximum Gasteiger partial charge on any atom is 0.202 e. The number of phenols is 2. The van der Waals surface area contributed by atoms with Gasteiger partial charge in [0.05, 0.1) is 7.11 Å². The Bertz CT molecular complexity index is 1780. The monoisotopic (exact) mass is 616 g/mol. The van der Waals surface area contributed by atoms with Gasteiger partial charge in [-0.15, -0.1) is 0 Å². The number of fused-ring (bicyclic) bond motifs is 3. The van der Waals surface area contributed by atoms with Gasteiger partial charge in [-0.05, 0) is 60.8 Å². The number of aliphatic hydroxyl groups is 1. The van der Waals surface area contributed by atoms with E-state index in [1.54, 1.807) is 0 Å². The summed E-state index contributed by atoms with van der Waals surface area (Å²) < 4.78 is 11.6. The third-order valence-electron chi connectivity index (χ3n) is 11.9. The van der Waals surface area contributed by atoms with E-state index in [1.165, 1.54) is 25.3 Å². The Labute approximate surface area is 261 Å². The highest BCUT2D eigenvalue weighted by Gasteiger charge is 2.63. The summed E-state index contributed by atoms with van der Waals surface area (Å²) in [5, 5.41) is 31.0. The fourth-order valence-electron chi connectivity index (χ4n) is 9.49. The summed E-state index contributed by atoms with van der Waals surface area (Å²) in [4.78, 5) is 55.7. The lowest BCUT2D eigenvalue weighted by atomic mass is 9.44. The largest absolute Gasteiger partial charge is 0.508 e. The second-order valence-corrected chi connectivity index (χ2v) is 14.1. The number of phenolic OH excluding ortho intramolecular Hbond substituents is 2. The normalized spacial score (nSPS) is 35.0. The van der Waals surface area contributed by atoms with Crippen molar-refractivity contribution < 1.29 is 38.9 Å². The Morgan fingerprint density at radius 3 is 2.49 bits per heavy atom. The molecule has 1 aromatic heterocycles. The molecule has 2 aromatic rings. The Hall–Kier alpha value is -3.98. The fourth-order valence-corrected chi connectivity index (χ4v) is 9.49. The van der Waals surface area contributed by atoms with Crippen molar-refractivity contribution >= 4 is 28.3 Å². The molecule has 0 radical (unpaired) electrons. The fraction of sp³-hybridized carbons (Fsp3) is 0.500. The molecule has 2 fully saturated rings. The topological polar surface area (TPSA) is 151 Å². The molecule has 1 aromatic carbocycles. The van der Waals surface area contributed by atoms with Crippen LogP contribution in [0.1, 0.15) is 65.1 Å². The number of carbonyl (C=O) groups is 3. The van der Waals surface area contributed by atoms with Crippen LogP contribution >= 0.6 is 0 Å². The van der Waals surface area contributed by atoms with Gasteiger partial charge in [0.1, 0.15) is 33.6 Å².